The highest BCUT2D eigenvalue weighted by Gasteiger charge is 2.40. The molecular formula is C15H23NS. The molecule has 0 aliphatic heterocycles. The smallest absolute Gasteiger partial charge is 0.0299 e. The Kier molecular flexibility index (Phi) is 3.53. The molecule has 0 atom stereocenters. The van der Waals surface area contributed by atoms with Gasteiger partial charge in [-0.15, -0.1) is 11.3 Å². The molecule has 2 saturated carbocycles. The molecule has 2 fully saturated rings. The standard InChI is InChI=1S/C15H23NS/c1-2-13-7-8-14(17-13)9-16-10-15(11-3-4-11)12-5-6-12/h7-8,11-12,15-16H,2-6,9-10H2,1H3. The maximum Gasteiger partial charge on any atom is 0.0299 e. The summed E-state index contributed by atoms with van der Waals surface area (Å²) in [5.41, 5.74) is 0. The summed E-state index contributed by atoms with van der Waals surface area (Å²) >= 11 is 1.97. The second-order valence-electron chi connectivity index (χ2n) is 5.69. The van der Waals surface area contributed by atoms with E-state index in [0.29, 0.717) is 0 Å². The lowest BCUT2D eigenvalue weighted by Gasteiger charge is -2.15. The lowest BCUT2D eigenvalue weighted by Crippen LogP contribution is -2.24. The Hall–Kier alpha value is -0.340. The maximum atomic E-state index is 3.69. The number of hydrogen-bond acceptors (Lipinski definition) is 2. The number of hydrogen-bond donors (Lipinski definition) is 1. The van der Waals surface area contributed by atoms with Crippen molar-refractivity contribution in [2.24, 2.45) is 17.8 Å². The molecule has 0 amide bonds. The van der Waals surface area contributed by atoms with Gasteiger partial charge in [-0.3, -0.25) is 0 Å². The summed E-state index contributed by atoms with van der Waals surface area (Å²) in [6.07, 6.45) is 7.19. The fraction of sp³-hybridized carbons (Fsp3) is 0.733. The summed E-state index contributed by atoms with van der Waals surface area (Å²) in [6, 6.07) is 4.57. The van der Waals surface area contributed by atoms with Crippen LogP contribution in [0, 0.1) is 17.8 Å². The lowest BCUT2D eigenvalue weighted by atomic mass is 9.98. The highest BCUT2D eigenvalue weighted by molar-refractivity contribution is 7.11. The van der Waals surface area contributed by atoms with Crippen LogP contribution in [-0.2, 0) is 13.0 Å². The van der Waals surface area contributed by atoms with Crippen LogP contribution in [0.3, 0.4) is 0 Å². The molecule has 0 bridgehead atoms. The zero-order chi connectivity index (χ0) is 11.7. The van der Waals surface area contributed by atoms with Crippen molar-refractivity contribution in [1.82, 2.24) is 5.32 Å². The second kappa shape index (κ2) is 5.11. The van der Waals surface area contributed by atoms with Crippen LogP contribution in [-0.4, -0.2) is 6.54 Å². The van der Waals surface area contributed by atoms with Crippen LogP contribution in [0.4, 0.5) is 0 Å². The van der Waals surface area contributed by atoms with Crippen LogP contribution in [0.2, 0.25) is 0 Å². The summed E-state index contributed by atoms with van der Waals surface area (Å²) < 4.78 is 0. The molecular weight excluding hydrogens is 226 g/mol. The van der Waals surface area contributed by atoms with E-state index >= 15 is 0 Å². The van der Waals surface area contributed by atoms with Crippen molar-refractivity contribution in [2.75, 3.05) is 6.54 Å². The summed E-state index contributed by atoms with van der Waals surface area (Å²) in [7, 11) is 0. The van der Waals surface area contributed by atoms with E-state index in [1.165, 1.54) is 48.4 Å². The molecule has 1 nitrogen and oxygen atoms in total. The van der Waals surface area contributed by atoms with Gasteiger partial charge < -0.3 is 5.32 Å². The van der Waals surface area contributed by atoms with Crippen molar-refractivity contribution < 1.29 is 0 Å². The van der Waals surface area contributed by atoms with Gasteiger partial charge >= 0.3 is 0 Å². The van der Waals surface area contributed by atoms with Gasteiger partial charge in [0.1, 0.15) is 0 Å². The third-order valence-corrected chi connectivity index (χ3v) is 5.43. The first-order chi connectivity index (χ1) is 8.36. The Bertz CT molecular complexity index is 351. The van der Waals surface area contributed by atoms with Crippen LogP contribution in [0.25, 0.3) is 0 Å². The molecule has 2 heteroatoms. The minimum Gasteiger partial charge on any atom is -0.312 e. The SMILES string of the molecule is CCc1ccc(CNCC(C2CC2)C2CC2)s1. The van der Waals surface area contributed by atoms with E-state index in [9.17, 15) is 0 Å². The molecule has 1 aromatic rings. The van der Waals surface area contributed by atoms with Crippen LogP contribution < -0.4 is 5.32 Å². The molecule has 17 heavy (non-hydrogen) atoms. The van der Waals surface area contributed by atoms with Crippen LogP contribution in [0.5, 0.6) is 0 Å². The van der Waals surface area contributed by atoms with Gasteiger partial charge in [0.2, 0.25) is 0 Å². The summed E-state index contributed by atoms with van der Waals surface area (Å²) in [5.74, 6) is 3.15. The zero-order valence-electron chi connectivity index (χ0n) is 10.7. The van der Waals surface area contributed by atoms with Gasteiger partial charge in [0, 0.05) is 16.3 Å². The zero-order valence-corrected chi connectivity index (χ0v) is 11.6. The van der Waals surface area contributed by atoms with Crippen LogP contribution >= 0.6 is 11.3 Å². The fourth-order valence-electron chi connectivity index (χ4n) is 2.84. The third-order valence-electron chi connectivity index (χ3n) is 4.20. The first-order valence-corrected chi connectivity index (χ1v) is 7.96. The van der Waals surface area contributed by atoms with Gasteiger partial charge in [-0.1, -0.05) is 6.92 Å². The monoisotopic (exact) mass is 249 g/mol. The van der Waals surface area contributed by atoms with Gasteiger partial charge in [-0.05, 0) is 68.5 Å². The Morgan fingerprint density at radius 3 is 2.35 bits per heavy atom. The van der Waals surface area contributed by atoms with E-state index in [2.05, 4.69) is 24.4 Å². The Balaban J connectivity index is 1.44. The molecule has 1 N–H and O–H groups in total. The molecule has 1 aromatic heterocycles. The highest BCUT2D eigenvalue weighted by atomic mass is 32.1. The minimum atomic E-state index is 1.00. The molecule has 2 aliphatic rings. The van der Waals surface area contributed by atoms with Crippen LogP contribution in [0.15, 0.2) is 12.1 Å². The normalized spacial score (nSPS) is 20.1. The average Bonchev–Trinajstić information content (AvgIpc) is 3.25. The fourth-order valence-corrected chi connectivity index (χ4v) is 3.76. The quantitative estimate of drug-likeness (QED) is 0.774. The van der Waals surface area contributed by atoms with Crippen molar-refractivity contribution in [3.8, 4) is 0 Å². The molecule has 94 valence electrons. The molecule has 0 radical (unpaired) electrons. The summed E-state index contributed by atoms with van der Waals surface area (Å²) in [4.78, 5) is 3.02. The molecule has 0 spiro atoms. The predicted molar refractivity (Wildman–Crippen MR) is 74.3 cm³/mol. The van der Waals surface area contributed by atoms with Gasteiger partial charge in [0.25, 0.3) is 0 Å². The predicted octanol–water partition coefficient (Wildman–Crippen LogP) is 3.84. The molecule has 0 unspecified atom stereocenters. The van der Waals surface area contributed by atoms with Crippen LogP contribution in [0.1, 0.15) is 42.4 Å². The van der Waals surface area contributed by atoms with Gasteiger partial charge in [-0.2, -0.15) is 0 Å². The number of thiophene rings is 1. The first kappa shape index (κ1) is 11.7. The van der Waals surface area contributed by atoms with E-state index in [-0.39, 0.29) is 0 Å². The van der Waals surface area contributed by atoms with Gasteiger partial charge in [0.05, 0.1) is 0 Å². The molecule has 1 heterocycles. The van der Waals surface area contributed by atoms with Crippen molar-refractivity contribution in [2.45, 2.75) is 45.6 Å². The molecule has 0 saturated heterocycles. The Morgan fingerprint density at radius 1 is 1.18 bits per heavy atom. The van der Waals surface area contributed by atoms with Gasteiger partial charge in [0.15, 0.2) is 0 Å². The van der Waals surface area contributed by atoms with Gasteiger partial charge in [-0.25, -0.2) is 0 Å². The number of rotatable bonds is 7. The van der Waals surface area contributed by atoms with Crippen molar-refractivity contribution in [1.29, 1.82) is 0 Å². The average molecular weight is 249 g/mol. The van der Waals surface area contributed by atoms with E-state index in [1.807, 2.05) is 11.3 Å². The lowest BCUT2D eigenvalue weighted by molar-refractivity contribution is 0.379. The van der Waals surface area contributed by atoms with Crippen molar-refractivity contribution in [3.63, 3.8) is 0 Å². The molecule has 0 aromatic carbocycles. The van der Waals surface area contributed by atoms with E-state index < -0.39 is 0 Å². The molecule has 3 rings (SSSR count). The number of nitrogens with one attached hydrogen (secondary N) is 1. The highest BCUT2D eigenvalue weighted by Crippen LogP contribution is 2.48. The van der Waals surface area contributed by atoms with E-state index in [1.54, 1.807) is 0 Å². The maximum absolute atomic E-state index is 3.69. The third kappa shape index (κ3) is 3.11. The Morgan fingerprint density at radius 2 is 1.82 bits per heavy atom. The molecule has 2 aliphatic carbocycles. The summed E-state index contributed by atoms with van der Waals surface area (Å²) in [5, 5.41) is 3.69. The topological polar surface area (TPSA) is 12.0 Å². The summed E-state index contributed by atoms with van der Waals surface area (Å²) in [6.45, 7) is 4.58. The van der Waals surface area contributed by atoms with Crippen molar-refractivity contribution in [3.05, 3.63) is 21.9 Å². The first-order valence-electron chi connectivity index (χ1n) is 7.15. The largest absolute Gasteiger partial charge is 0.312 e. The van der Waals surface area contributed by atoms with E-state index in [4.69, 9.17) is 0 Å². The Labute approximate surface area is 109 Å². The van der Waals surface area contributed by atoms with E-state index in [0.717, 1.165) is 24.3 Å². The number of aryl methyl sites for hydroxylation is 1. The second-order valence-corrected chi connectivity index (χ2v) is 6.94. The van der Waals surface area contributed by atoms with Crippen molar-refractivity contribution >= 4 is 11.3 Å². The minimum absolute atomic E-state index is 1.00.